The maximum absolute atomic E-state index is 12.2. The fourth-order valence-corrected chi connectivity index (χ4v) is 4.11. The molecule has 6 nitrogen and oxygen atoms in total. The van der Waals surface area contributed by atoms with Crippen molar-refractivity contribution >= 4 is 11.9 Å². The van der Waals surface area contributed by atoms with Gasteiger partial charge in [0.05, 0.1) is 12.3 Å². The molecule has 2 fully saturated rings. The predicted octanol–water partition coefficient (Wildman–Crippen LogP) is 1.15. The van der Waals surface area contributed by atoms with Crippen molar-refractivity contribution in [1.82, 2.24) is 10.3 Å². The van der Waals surface area contributed by atoms with Crippen LogP contribution in [0.15, 0.2) is 10.9 Å². The number of aliphatic carboxylic acids is 1. The molecular formula is C17H22N2O4. The number of aryl methyl sites for hydroxylation is 2. The first-order valence-electron chi connectivity index (χ1n) is 8.06. The zero-order valence-corrected chi connectivity index (χ0v) is 13.4. The smallest absolute Gasteiger partial charge is 0.306 e. The van der Waals surface area contributed by atoms with Gasteiger partial charge in [0.2, 0.25) is 5.91 Å². The van der Waals surface area contributed by atoms with Gasteiger partial charge in [-0.25, -0.2) is 0 Å². The van der Waals surface area contributed by atoms with Crippen LogP contribution in [-0.4, -0.2) is 28.0 Å². The second-order valence-corrected chi connectivity index (χ2v) is 6.96. The van der Waals surface area contributed by atoms with Crippen LogP contribution in [0.3, 0.4) is 0 Å². The van der Waals surface area contributed by atoms with Gasteiger partial charge in [-0.1, -0.05) is 0 Å². The number of hydrogen-bond acceptors (Lipinski definition) is 3. The summed E-state index contributed by atoms with van der Waals surface area (Å²) in [7, 11) is 0. The zero-order chi connectivity index (χ0) is 16.7. The van der Waals surface area contributed by atoms with E-state index >= 15 is 0 Å². The van der Waals surface area contributed by atoms with Crippen LogP contribution in [0.5, 0.6) is 0 Å². The lowest BCUT2D eigenvalue weighted by Crippen LogP contribution is -2.50. The number of carbonyl (C=O) groups excluding carboxylic acids is 1. The lowest BCUT2D eigenvalue weighted by Gasteiger charge is -2.40. The molecule has 2 aliphatic rings. The summed E-state index contributed by atoms with van der Waals surface area (Å²) in [6.07, 6.45) is 2.29. The van der Waals surface area contributed by atoms with Crippen molar-refractivity contribution < 1.29 is 14.7 Å². The third-order valence-corrected chi connectivity index (χ3v) is 5.35. The average molecular weight is 318 g/mol. The Bertz CT molecular complexity index is 709. The second kappa shape index (κ2) is 5.83. The molecule has 0 aromatic carbocycles. The average Bonchev–Trinajstić information content (AvgIpc) is 2.78. The molecule has 3 N–H and O–H groups in total. The van der Waals surface area contributed by atoms with E-state index in [0.717, 1.165) is 24.1 Å². The van der Waals surface area contributed by atoms with E-state index < -0.39 is 5.97 Å². The number of H-pyrrole nitrogens is 1. The van der Waals surface area contributed by atoms with Gasteiger partial charge in [-0.3, -0.25) is 14.4 Å². The molecule has 2 aliphatic carbocycles. The van der Waals surface area contributed by atoms with Crippen molar-refractivity contribution in [2.45, 2.75) is 45.6 Å². The highest BCUT2D eigenvalue weighted by Crippen LogP contribution is 2.49. The topological polar surface area (TPSA) is 99.3 Å². The number of carboxylic acids is 1. The molecule has 124 valence electrons. The van der Waals surface area contributed by atoms with Crippen molar-refractivity contribution in [3.63, 3.8) is 0 Å². The van der Waals surface area contributed by atoms with E-state index in [4.69, 9.17) is 5.11 Å². The molecule has 0 saturated heterocycles. The summed E-state index contributed by atoms with van der Waals surface area (Å²) in [5.74, 6) is -0.464. The number of fused-ring (bicyclic) bond motifs is 1. The Morgan fingerprint density at radius 1 is 1.30 bits per heavy atom. The van der Waals surface area contributed by atoms with Crippen molar-refractivity contribution in [2.75, 3.05) is 0 Å². The third kappa shape index (κ3) is 3.02. The first-order valence-corrected chi connectivity index (χ1v) is 8.06. The number of nitrogens with one attached hydrogen (secondary N) is 2. The van der Waals surface area contributed by atoms with E-state index in [1.807, 2.05) is 19.9 Å². The molecule has 23 heavy (non-hydrogen) atoms. The minimum absolute atomic E-state index is 0.0571. The highest BCUT2D eigenvalue weighted by Gasteiger charge is 2.49. The predicted molar refractivity (Wildman–Crippen MR) is 84.1 cm³/mol. The van der Waals surface area contributed by atoms with Crippen LogP contribution in [0.4, 0.5) is 0 Å². The molecule has 1 unspecified atom stereocenters. The van der Waals surface area contributed by atoms with Crippen LogP contribution >= 0.6 is 0 Å². The minimum Gasteiger partial charge on any atom is -0.481 e. The quantitative estimate of drug-likeness (QED) is 0.775. The Morgan fingerprint density at radius 2 is 2.04 bits per heavy atom. The second-order valence-electron chi connectivity index (χ2n) is 6.96. The van der Waals surface area contributed by atoms with Crippen LogP contribution < -0.4 is 10.9 Å². The number of pyridine rings is 1. The summed E-state index contributed by atoms with van der Waals surface area (Å²) >= 11 is 0. The van der Waals surface area contributed by atoms with Crippen LogP contribution in [0.25, 0.3) is 0 Å². The SMILES string of the molecule is Cc1cc(C)c(CC(=O)N[C@@H]2C[C@@H]3CC(C(=O)O)C[C@@H]32)c(=O)[nH]1. The summed E-state index contributed by atoms with van der Waals surface area (Å²) in [6.45, 7) is 3.64. The van der Waals surface area contributed by atoms with Gasteiger partial charge < -0.3 is 15.4 Å². The van der Waals surface area contributed by atoms with Crippen LogP contribution in [-0.2, 0) is 16.0 Å². The molecule has 1 aromatic heterocycles. The number of amides is 1. The number of rotatable bonds is 4. The van der Waals surface area contributed by atoms with Gasteiger partial charge in [0, 0.05) is 17.3 Å². The molecule has 0 spiro atoms. The summed E-state index contributed by atoms with van der Waals surface area (Å²) in [5.41, 5.74) is 1.89. The normalized spacial score (nSPS) is 28.8. The Morgan fingerprint density at radius 3 is 2.70 bits per heavy atom. The van der Waals surface area contributed by atoms with E-state index in [2.05, 4.69) is 10.3 Å². The molecule has 2 saturated carbocycles. The largest absolute Gasteiger partial charge is 0.481 e. The van der Waals surface area contributed by atoms with Gasteiger partial charge >= 0.3 is 5.97 Å². The van der Waals surface area contributed by atoms with Gasteiger partial charge in [0.15, 0.2) is 0 Å². The summed E-state index contributed by atoms with van der Waals surface area (Å²) in [6, 6.07) is 1.92. The fourth-order valence-electron chi connectivity index (χ4n) is 4.11. The standard InChI is InChI=1S/C17H22N2O4/c1-8-3-9(2)18-16(21)12(8)7-15(20)19-14-6-10-4-11(17(22)23)5-13(10)14/h3,10-11,13-14H,4-7H2,1-2H3,(H,18,21)(H,19,20)(H,22,23)/t10-,11?,13-,14+/m0/s1. The Balaban J connectivity index is 1.60. The van der Waals surface area contributed by atoms with Crippen LogP contribution in [0.2, 0.25) is 0 Å². The van der Waals surface area contributed by atoms with E-state index in [-0.39, 0.29) is 35.8 Å². The van der Waals surface area contributed by atoms with Gasteiger partial charge in [-0.15, -0.1) is 0 Å². The molecule has 6 heteroatoms. The highest BCUT2D eigenvalue weighted by molar-refractivity contribution is 5.79. The number of carboxylic acid groups (broad SMARTS) is 1. The van der Waals surface area contributed by atoms with Crippen molar-refractivity contribution in [3.8, 4) is 0 Å². The van der Waals surface area contributed by atoms with Crippen molar-refractivity contribution in [2.24, 2.45) is 17.8 Å². The van der Waals surface area contributed by atoms with E-state index in [1.54, 1.807) is 0 Å². The monoisotopic (exact) mass is 318 g/mol. The molecular weight excluding hydrogens is 296 g/mol. The molecule has 0 bridgehead atoms. The molecule has 0 aliphatic heterocycles. The number of hydrogen-bond donors (Lipinski definition) is 3. The first kappa shape index (κ1) is 15.8. The van der Waals surface area contributed by atoms with Crippen molar-refractivity contribution in [1.29, 1.82) is 0 Å². The number of aromatic amines is 1. The molecule has 1 amide bonds. The third-order valence-electron chi connectivity index (χ3n) is 5.35. The zero-order valence-electron chi connectivity index (χ0n) is 13.4. The number of aromatic nitrogens is 1. The summed E-state index contributed by atoms with van der Waals surface area (Å²) < 4.78 is 0. The maximum atomic E-state index is 12.2. The Hall–Kier alpha value is -2.11. The van der Waals surface area contributed by atoms with Gasteiger partial charge in [0.1, 0.15) is 0 Å². The lowest BCUT2D eigenvalue weighted by atomic mass is 9.71. The van der Waals surface area contributed by atoms with Crippen molar-refractivity contribution in [3.05, 3.63) is 33.2 Å². The minimum atomic E-state index is -0.730. The molecule has 0 radical (unpaired) electrons. The van der Waals surface area contributed by atoms with Gasteiger partial charge in [-0.05, 0) is 56.6 Å². The van der Waals surface area contributed by atoms with Gasteiger partial charge in [0.25, 0.3) is 5.56 Å². The first-order chi connectivity index (χ1) is 10.8. The Kier molecular flexibility index (Phi) is 4.00. The lowest BCUT2D eigenvalue weighted by molar-refractivity contribution is -0.141. The molecule has 1 aromatic rings. The van der Waals surface area contributed by atoms with Crippen LogP contribution in [0.1, 0.15) is 36.1 Å². The van der Waals surface area contributed by atoms with Crippen LogP contribution in [0, 0.1) is 31.6 Å². The van der Waals surface area contributed by atoms with E-state index in [9.17, 15) is 14.4 Å². The van der Waals surface area contributed by atoms with E-state index in [0.29, 0.717) is 17.9 Å². The summed E-state index contributed by atoms with van der Waals surface area (Å²) in [4.78, 5) is 38.0. The number of carbonyl (C=O) groups is 2. The highest BCUT2D eigenvalue weighted by atomic mass is 16.4. The molecule has 3 rings (SSSR count). The van der Waals surface area contributed by atoms with E-state index in [1.165, 1.54) is 0 Å². The molecule has 4 atom stereocenters. The van der Waals surface area contributed by atoms with Gasteiger partial charge in [-0.2, -0.15) is 0 Å². The maximum Gasteiger partial charge on any atom is 0.306 e. The Labute approximate surface area is 134 Å². The fraction of sp³-hybridized carbons (Fsp3) is 0.588. The molecule has 1 heterocycles. The summed E-state index contributed by atoms with van der Waals surface area (Å²) in [5, 5.41) is 12.1.